The molecule has 0 saturated carbocycles. The second-order valence-corrected chi connectivity index (χ2v) is 13.6. The molecule has 3 N–H and O–H groups in total. The van der Waals surface area contributed by atoms with Crippen molar-refractivity contribution >= 4 is 34.9 Å². The monoisotopic (exact) mass is 674 g/mol. The average Bonchev–Trinajstić information content (AvgIpc) is 3.83. The quantitative estimate of drug-likeness (QED) is 0.220. The number of ether oxygens (including phenoxy) is 2. The van der Waals surface area contributed by atoms with Crippen molar-refractivity contribution in [1.29, 1.82) is 0 Å². The molecule has 13 heteroatoms. The molecule has 2 aromatic heterocycles. The summed E-state index contributed by atoms with van der Waals surface area (Å²) in [4.78, 5) is 48.9. The molecule has 7 rings (SSSR count). The van der Waals surface area contributed by atoms with Gasteiger partial charge < -0.3 is 34.0 Å². The van der Waals surface area contributed by atoms with Crippen LogP contribution < -0.4 is 15.4 Å². The summed E-state index contributed by atoms with van der Waals surface area (Å²) in [6.45, 7) is 7.33. The van der Waals surface area contributed by atoms with Gasteiger partial charge in [-0.3, -0.25) is 9.59 Å². The van der Waals surface area contributed by atoms with Gasteiger partial charge in [-0.05, 0) is 41.5 Å². The summed E-state index contributed by atoms with van der Waals surface area (Å²) in [7, 11) is 1.25. The second-order valence-electron chi connectivity index (χ2n) is 13.2. The Morgan fingerprint density at radius 2 is 1.90 bits per heavy atom. The molecule has 0 aliphatic carbocycles. The number of carbonyl (C=O) groups is 3. The molecule has 250 valence electrons. The number of Topliss-reactive ketones (excluding diaryl/α,β-unsaturated/α-hetero) is 1. The van der Waals surface area contributed by atoms with Crippen LogP contribution >= 0.6 is 11.6 Å². The van der Waals surface area contributed by atoms with Gasteiger partial charge >= 0.3 is 5.97 Å². The molecule has 0 fully saturated rings. The molecule has 48 heavy (non-hydrogen) atoms. The van der Waals surface area contributed by atoms with Crippen LogP contribution in [0.4, 0.5) is 5.69 Å². The molecule has 1 spiro atoms. The number of halogens is 1. The minimum atomic E-state index is -1.21. The fraction of sp³-hybridized carbons (Fsp3) is 0.400. The number of esters is 1. The number of carbonyl (C=O) groups excluding carboxylic acids is 3. The minimum Gasteiger partial charge on any atom is -0.467 e. The Labute approximate surface area is 281 Å². The smallest absolute Gasteiger partial charge is 0.360 e. The van der Waals surface area contributed by atoms with Crippen molar-refractivity contribution in [2.24, 2.45) is 17.8 Å². The molecule has 5 atom stereocenters. The van der Waals surface area contributed by atoms with Crippen LogP contribution in [0.1, 0.15) is 79.0 Å². The summed E-state index contributed by atoms with van der Waals surface area (Å²) in [5.74, 6) is -1.98. The molecular weight excluding hydrogens is 640 g/mol. The van der Waals surface area contributed by atoms with Gasteiger partial charge in [0.1, 0.15) is 29.6 Å². The SMILES string of the molecule is COC(=O)c1coc(-c2nc3oc2[C@@]24c5ccccc5NC2Oc2c(Cl)cc(cc24)CC(CC(=O)[C@@H](O)C(C)C)C(=O)N[C@H]3C(C)C)n1. The second kappa shape index (κ2) is 11.8. The number of hydrogen-bond donors (Lipinski definition) is 3. The van der Waals surface area contributed by atoms with Gasteiger partial charge in [-0.1, -0.05) is 63.6 Å². The first-order chi connectivity index (χ1) is 22.9. The van der Waals surface area contributed by atoms with Crippen LogP contribution in [-0.2, 0) is 26.2 Å². The zero-order valence-corrected chi connectivity index (χ0v) is 27.8. The van der Waals surface area contributed by atoms with E-state index in [1.807, 2.05) is 44.2 Å². The molecular formula is C35H35ClN4O8. The summed E-state index contributed by atoms with van der Waals surface area (Å²) in [6, 6.07) is 10.6. The zero-order chi connectivity index (χ0) is 34.1. The normalized spacial score (nSPS) is 22.9. The molecule has 3 aliphatic rings. The molecule has 4 aromatic rings. The van der Waals surface area contributed by atoms with Crippen molar-refractivity contribution in [3.63, 3.8) is 0 Å². The first-order valence-corrected chi connectivity index (χ1v) is 16.2. The highest BCUT2D eigenvalue weighted by Gasteiger charge is 2.61. The highest BCUT2D eigenvalue weighted by molar-refractivity contribution is 6.32. The highest BCUT2D eigenvalue weighted by Crippen LogP contribution is 2.60. The van der Waals surface area contributed by atoms with Crippen LogP contribution in [0.5, 0.6) is 5.75 Å². The van der Waals surface area contributed by atoms with E-state index in [-0.39, 0.29) is 47.8 Å². The van der Waals surface area contributed by atoms with Crippen molar-refractivity contribution < 1.29 is 37.8 Å². The Kier molecular flexibility index (Phi) is 7.83. The number of ketones is 1. The molecule has 4 bridgehead atoms. The summed E-state index contributed by atoms with van der Waals surface area (Å²) < 4.78 is 24.0. The number of nitrogens with one attached hydrogen (secondary N) is 2. The van der Waals surface area contributed by atoms with E-state index in [2.05, 4.69) is 15.6 Å². The van der Waals surface area contributed by atoms with Gasteiger partial charge in [0.15, 0.2) is 29.2 Å². The lowest BCUT2D eigenvalue weighted by molar-refractivity contribution is -0.135. The topological polar surface area (TPSA) is 166 Å². The molecule has 2 aromatic carbocycles. The Balaban J connectivity index is 1.50. The number of aliphatic hydroxyl groups excluding tert-OH is 1. The van der Waals surface area contributed by atoms with E-state index in [9.17, 15) is 19.5 Å². The zero-order valence-electron chi connectivity index (χ0n) is 27.0. The maximum atomic E-state index is 14.1. The number of para-hydroxylation sites is 1. The highest BCUT2D eigenvalue weighted by atomic mass is 35.5. The minimum absolute atomic E-state index is 0.00320. The summed E-state index contributed by atoms with van der Waals surface area (Å²) in [5, 5.41) is 17.4. The third-order valence-corrected chi connectivity index (χ3v) is 9.67. The maximum absolute atomic E-state index is 14.1. The molecule has 1 amide bonds. The van der Waals surface area contributed by atoms with E-state index in [0.717, 1.165) is 11.3 Å². The van der Waals surface area contributed by atoms with Crippen LogP contribution in [-0.4, -0.2) is 52.2 Å². The van der Waals surface area contributed by atoms with Gasteiger partial charge in [-0.25, -0.2) is 14.8 Å². The van der Waals surface area contributed by atoms with E-state index in [0.29, 0.717) is 27.7 Å². The lowest BCUT2D eigenvalue weighted by atomic mass is 9.72. The fourth-order valence-electron chi connectivity index (χ4n) is 6.93. The number of methoxy groups -OCH3 is 1. The van der Waals surface area contributed by atoms with Crippen molar-refractivity contribution in [2.75, 3.05) is 12.4 Å². The largest absolute Gasteiger partial charge is 0.467 e. The molecule has 12 nitrogen and oxygen atoms in total. The van der Waals surface area contributed by atoms with E-state index in [1.165, 1.54) is 13.4 Å². The molecule has 0 radical (unpaired) electrons. The number of aromatic nitrogens is 2. The Bertz CT molecular complexity index is 1950. The van der Waals surface area contributed by atoms with E-state index in [4.69, 9.17) is 34.9 Å². The van der Waals surface area contributed by atoms with Crippen LogP contribution in [0, 0.1) is 17.8 Å². The van der Waals surface area contributed by atoms with Crippen molar-refractivity contribution in [2.45, 2.75) is 64.3 Å². The summed E-state index contributed by atoms with van der Waals surface area (Å²) in [5.41, 5.74) is 1.94. The number of oxazole rings is 2. The number of anilines is 1. The van der Waals surface area contributed by atoms with Crippen molar-refractivity contribution in [1.82, 2.24) is 15.3 Å². The molecule has 2 unspecified atom stereocenters. The average molecular weight is 675 g/mol. The van der Waals surface area contributed by atoms with E-state index < -0.39 is 47.4 Å². The number of amides is 1. The van der Waals surface area contributed by atoms with Gasteiger partial charge in [-0.2, -0.15) is 0 Å². The predicted molar refractivity (Wildman–Crippen MR) is 173 cm³/mol. The Hall–Kier alpha value is -4.68. The number of aliphatic hydroxyl groups is 1. The molecule has 0 saturated heterocycles. The third-order valence-electron chi connectivity index (χ3n) is 9.39. The lowest BCUT2D eigenvalue weighted by Crippen LogP contribution is -2.41. The fourth-order valence-corrected chi connectivity index (χ4v) is 7.22. The van der Waals surface area contributed by atoms with Crippen molar-refractivity contribution in [3.05, 3.63) is 81.7 Å². The first-order valence-electron chi connectivity index (χ1n) is 15.9. The van der Waals surface area contributed by atoms with Crippen LogP contribution in [0.2, 0.25) is 5.02 Å². The number of rotatable bonds is 7. The number of benzene rings is 2. The number of nitrogens with zero attached hydrogens (tertiary/aromatic N) is 2. The van der Waals surface area contributed by atoms with Gasteiger partial charge in [0.2, 0.25) is 17.7 Å². The molecule has 3 aliphatic heterocycles. The third kappa shape index (κ3) is 4.88. The Morgan fingerprint density at radius 3 is 2.62 bits per heavy atom. The van der Waals surface area contributed by atoms with Gasteiger partial charge in [0, 0.05) is 23.6 Å². The molecule has 5 heterocycles. The summed E-state index contributed by atoms with van der Waals surface area (Å²) in [6.07, 6.45) is -0.784. The van der Waals surface area contributed by atoms with Crippen LogP contribution in [0.25, 0.3) is 11.6 Å². The van der Waals surface area contributed by atoms with Crippen LogP contribution in [0.15, 0.2) is 51.5 Å². The van der Waals surface area contributed by atoms with Crippen LogP contribution in [0.3, 0.4) is 0 Å². The standard InChI is InChI=1S/C35H35ClN4O8/c1-15(2)25-32-40-26(31-37-23(14-46-31)33(44)45-5)29(48-32)35-19-8-6-7-9-22(19)38-34(35)47-28-20(35)11-17(12-21(28)36)10-18(30(43)39-25)13-24(41)27(42)16(3)4/h6-9,11-12,14-16,18,25,27,34,38,42H,10,13H2,1-5H3,(H,39,43)/t18?,25-,27-,34?,35-/m0/s1. The Morgan fingerprint density at radius 1 is 1.12 bits per heavy atom. The van der Waals surface area contributed by atoms with Gasteiger partial charge in [0.05, 0.1) is 12.1 Å². The van der Waals surface area contributed by atoms with E-state index in [1.54, 1.807) is 19.9 Å². The first kappa shape index (κ1) is 31.9. The van der Waals surface area contributed by atoms with E-state index >= 15 is 0 Å². The number of hydrogen-bond acceptors (Lipinski definition) is 11. The maximum Gasteiger partial charge on any atom is 0.360 e. The predicted octanol–water partition coefficient (Wildman–Crippen LogP) is 5.21. The number of fused-ring (bicyclic) bond motifs is 4. The van der Waals surface area contributed by atoms with Gasteiger partial charge in [0.25, 0.3) is 0 Å². The van der Waals surface area contributed by atoms with Crippen molar-refractivity contribution in [3.8, 4) is 17.3 Å². The lowest BCUT2D eigenvalue weighted by Gasteiger charge is -2.28. The summed E-state index contributed by atoms with van der Waals surface area (Å²) >= 11 is 6.93. The van der Waals surface area contributed by atoms with Gasteiger partial charge in [-0.15, -0.1) is 0 Å².